The van der Waals surface area contributed by atoms with E-state index < -0.39 is 9.84 Å². The SMILES string of the molecule is Cl.O=C(CCS(=O)(=O)c1ccc2c(c1)CCC2)N1CCC2CCC(C1)N2. The van der Waals surface area contributed by atoms with Crippen molar-refractivity contribution < 1.29 is 13.2 Å². The van der Waals surface area contributed by atoms with Crippen molar-refractivity contribution in [1.29, 1.82) is 0 Å². The number of carbonyl (C=O) groups is 1. The minimum absolute atomic E-state index is 0. The van der Waals surface area contributed by atoms with E-state index in [0.717, 1.165) is 44.2 Å². The van der Waals surface area contributed by atoms with Gasteiger partial charge in [-0.05, 0) is 61.8 Å². The van der Waals surface area contributed by atoms with Crippen LogP contribution < -0.4 is 5.32 Å². The summed E-state index contributed by atoms with van der Waals surface area (Å²) in [5.74, 6) is -0.123. The zero-order chi connectivity index (χ0) is 17.4. The van der Waals surface area contributed by atoms with Crippen LogP contribution in [0.3, 0.4) is 0 Å². The van der Waals surface area contributed by atoms with Crippen LogP contribution in [0, 0.1) is 0 Å². The highest BCUT2D eigenvalue weighted by molar-refractivity contribution is 7.91. The van der Waals surface area contributed by atoms with Gasteiger partial charge in [0.25, 0.3) is 0 Å². The number of halogens is 1. The Kier molecular flexibility index (Phi) is 5.94. The number of hydrogen-bond donors (Lipinski definition) is 1. The van der Waals surface area contributed by atoms with E-state index in [2.05, 4.69) is 5.32 Å². The number of amides is 1. The van der Waals surface area contributed by atoms with Gasteiger partial charge in [-0.1, -0.05) is 6.07 Å². The largest absolute Gasteiger partial charge is 0.341 e. The second-order valence-electron chi connectivity index (χ2n) is 7.62. The number of rotatable bonds is 4. The van der Waals surface area contributed by atoms with Crippen molar-refractivity contribution in [3.63, 3.8) is 0 Å². The maximum absolute atomic E-state index is 12.6. The first-order valence-corrected chi connectivity index (χ1v) is 11.0. The molecule has 2 saturated heterocycles. The van der Waals surface area contributed by atoms with Crippen LogP contribution >= 0.6 is 12.4 Å². The fourth-order valence-corrected chi connectivity index (χ4v) is 5.69. The number of carbonyl (C=O) groups excluding carboxylic acids is 1. The number of aryl methyl sites for hydroxylation is 2. The van der Waals surface area contributed by atoms with E-state index >= 15 is 0 Å². The zero-order valence-corrected chi connectivity index (χ0v) is 16.6. The maximum atomic E-state index is 12.6. The average molecular weight is 399 g/mol. The van der Waals surface area contributed by atoms with Gasteiger partial charge in [0.15, 0.2) is 9.84 Å². The van der Waals surface area contributed by atoms with Crippen molar-refractivity contribution in [2.45, 2.75) is 61.9 Å². The quantitative estimate of drug-likeness (QED) is 0.843. The molecule has 2 heterocycles. The number of nitrogens with one attached hydrogen (secondary N) is 1. The molecule has 5 nitrogen and oxygen atoms in total. The van der Waals surface area contributed by atoms with Crippen molar-refractivity contribution in [1.82, 2.24) is 10.2 Å². The standard InChI is InChI=1S/C19H26N2O3S.ClH/c22-19(21-10-8-16-5-6-17(13-21)20-16)9-11-25(23,24)18-7-4-14-2-1-3-15(14)12-18;/h4,7,12,16-17,20H,1-3,5-6,8-11,13H2;1H. The van der Waals surface area contributed by atoms with Crippen LogP contribution in [0.5, 0.6) is 0 Å². The number of fused-ring (bicyclic) bond motifs is 3. The second-order valence-corrected chi connectivity index (χ2v) is 9.73. The highest BCUT2D eigenvalue weighted by Gasteiger charge is 2.31. The molecule has 1 aromatic carbocycles. The second kappa shape index (κ2) is 7.87. The highest BCUT2D eigenvalue weighted by atomic mass is 35.5. The molecule has 1 aromatic rings. The summed E-state index contributed by atoms with van der Waals surface area (Å²) >= 11 is 0. The van der Waals surface area contributed by atoms with Gasteiger partial charge in [-0.15, -0.1) is 12.4 Å². The molecule has 2 bridgehead atoms. The molecule has 2 unspecified atom stereocenters. The monoisotopic (exact) mass is 398 g/mol. The Balaban J connectivity index is 0.00000196. The highest BCUT2D eigenvalue weighted by Crippen LogP contribution is 2.26. The van der Waals surface area contributed by atoms with Crippen LogP contribution in [0.1, 0.15) is 43.2 Å². The molecular weight excluding hydrogens is 372 g/mol. The zero-order valence-electron chi connectivity index (χ0n) is 14.9. The molecule has 3 aliphatic rings. The first kappa shape index (κ1) is 19.6. The minimum atomic E-state index is -3.40. The summed E-state index contributed by atoms with van der Waals surface area (Å²) in [7, 11) is -3.40. The fourth-order valence-electron chi connectivity index (χ4n) is 4.41. The van der Waals surface area contributed by atoms with Gasteiger partial charge in [0.1, 0.15) is 0 Å². The summed E-state index contributed by atoms with van der Waals surface area (Å²) in [5.41, 5.74) is 2.42. The predicted molar refractivity (Wildman–Crippen MR) is 104 cm³/mol. The Morgan fingerprint density at radius 1 is 1.12 bits per heavy atom. The molecule has 7 heteroatoms. The first-order valence-electron chi connectivity index (χ1n) is 9.40. The molecule has 1 amide bonds. The van der Waals surface area contributed by atoms with Gasteiger partial charge < -0.3 is 10.2 Å². The molecule has 0 radical (unpaired) electrons. The lowest BCUT2D eigenvalue weighted by atomic mass is 10.1. The number of nitrogens with zero attached hydrogens (tertiary/aromatic N) is 1. The molecule has 4 rings (SSSR count). The number of sulfone groups is 1. The van der Waals surface area contributed by atoms with E-state index in [9.17, 15) is 13.2 Å². The Hall–Kier alpha value is -1.11. The van der Waals surface area contributed by atoms with Crippen molar-refractivity contribution in [2.24, 2.45) is 0 Å². The lowest BCUT2D eigenvalue weighted by molar-refractivity contribution is -0.131. The molecule has 2 atom stereocenters. The third-order valence-corrected chi connectivity index (χ3v) is 7.60. The Bertz CT molecular complexity index is 781. The van der Waals surface area contributed by atoms with Crippen LogP contribution in [0.4, 0.5) is 0 Å². The number of likely N-dealkylation sites (tertiary alicyclic amines) is 1. The lowest BCUT2D eigenvalue weighted by Crippen LogP contribution is -2.39. The van der Waals surface area contributed by atoms with Crippen LogP contribution in [-0.4, -0.2) is 50.2 Å². The van der Waals surface area contributed by atoms with E-state index in [1.807, 2.05) is 17.0 Å². The molecular formula is C19H27ClN2O3S. The summed E-state index contributed by atoms with van der Waals surface area (Å²) < 4.78 is 25.3. The predicted octanol–water partition coefficient (Wildman–Crippen LogP) is 2.11. The van der Waals surface area contributed by atoms with Gasteiger partial charge in [0.05, 0.1) is 10.6 Å². The molecule has 2 fully saturated rings. The summed E-state index contributed by atoms with van der Waals surface area (Å²) in [6.45, 7) is 1.46. The molecule has 0 spiro atoms. The van der Waals surface area contributed by atoms with Crippen LogP contribution in [-0.2, 0) is 27.5 Å². The van der Waals surface area contributed by atoms with Gasteiger partial charge in [0, 0.05) is 31.6 Å². The van der Waals surface area contributed by atoms with E-state index in [0.29, 0.717) is 23.5 Å². The van der Waals surface area contributed by atoms with Gasteiger partial charge in [-0.25, -0.2) is 8.42 Å². The lowest BCUT2D eigenvalue weighted by Gasteiger charge is -2.24. The Morgan fingerprint density at radius 2 is 1.88 bits per heavy atom. The number of benzene rings is 1. The molecule has 144 valence electrons. The normalized spacial score (nSPS) is 24.7. The summed E-state index contributed by atoms with van der Waals surface area (Å²) in [6, 6.07) is 6.37. The molecule has 26 heavy (non-hydrogen) atoms. The van der Waals surface area contributed by atoms with Crippen molar-refractivity contribution in [2.75, 3.05) is 18.8 Å². The van der Waals surface area contributed by atoms with Gasteiger partial charge >= 0.3 is 0 Å². The van der Waals surface area contributed by atoms with Crippen molar-refractivity contribution in [3.05, 3.63) is 29.3 Å². The van der Waals surface area contributed by atoms with Crippen molar-refractivity contribution in [3.8, 4) is 0 Å². The minimum Gasteiger partial charge on any atom is -0.341 e. The molecule has 1 aliphatic carbocycles. The smallest absolute Gasteiger partial charge is 0.223 e. The summed E-state index contributed by atoms with van der Waals surface area (Å²) in [4.78, 5) is 14.8. The van der Waals surface area contributed by atoms with Crippen LogP contribution in [0.15, 0.2) is 23.1 Å². The Morgan fingerprint density at radius 3 is 2.73 bits per heavy atom. The Labute approximate surface area is 161 Å². The van der Waals surface area contributed by atoms with Crippen LogP contribution in [0.25, 0.3) is 0 Å². The molecule has 1 N–H and O–H groups in total. The third kappa shape index (κ3) is 4.07. The van der Waals surface area contributed by atoms with E-state index in [-0.39, 0.29) is 30.5 Å². The summed E-state index contributed by atoms with van der Waals surface area (Å²) in [6.07, 6.45) is 6.46. The maximum Gasteiger partial charge on any atom is 0.223 e. The number of hydrogen-bond acceptors (Lipinski definition) is 4. The first-order chi connectivity index (χ1) is 12.0. The van der Waals surface area contributed by atoms with E-state index in [1.165, 1.54) is 12.0 Å². The molecule has 2 aliphatic heterocycles. The van der Waals surface area contributed by atoms with Crippen LogP contribution in [0.2, 0.25) is 0 Å². The topological polar surface area (TPSA) is 66.5 Å². The van der Waals surface area contributed by atoms with E-state index in [1.54, 1.807) is 6.07 Å². The molecule has 0 saturated carbocycles. The fraction of sp³-hybridized carbons (Fsp3) is 0.632. The van der Waals surface area contributed by atoms with Gasteiger partial charge in [0.2, 0.25) is 5.91 Å². The third-order valence-electron chi connectivity index (χ3n) is 5.89. The van der Waals surface area contributed by atoms with Crippen molar-refractivity contribution >= 4 is 28.2 Å². The summed E-state index contributed by atoms with van der Waals surface area (Å²) in [5, 5.41) is 3.55. The van der Waals surface area contributed by atoms with Gasteiger partial charge in [-0.3, -0.25) is 4.79 Å². The van der Waals surface area contributed by atoms with Gasteiger partial charge in [-0.2, -0.15) is 0 Å². The average Bonchev–Trinajstić information content (AvgIpc) is 3.18. The van der Waals surface area contributed by atoms with E-state index in [4.69, 9.17) is 0 Å². The molecule has 0 aromatic heterocycles.